The molecule has 0 bridgehead atoms. The minimum Gasteiger partial charge on any atom is -0.385 e. The molecule has 1 aromatic carbocycles. The lowest BCUT2D eigenvalue weighted by atomic mass is 9.97. The highest BCUT2D eigenvalue weighted by molar-refractivity contribution is 5.97. The van der Waals surface area contributed by atoms with Gasteiger partial charge >= 0.3 is 6.18 Å². The second-order valence-corrected chi connectivity index (χ2v) is 4.79. The number of carbonyl (C=O) groups is 1. The summed E-state index contributed by atoms with van der Waals surface area (Å²) in [6.45, 7) is -0.540. The van der Waals surface area contributed by atoms with Gasteiger partial charge in [-0.3, -0.25) is 4.79 Å². The molecule has 8 heteroatoms. The molecule has 124 valence electrons. The molecule has 1 aliphatic rings. The number of hydrogen-bond acceptors (Lipinski definition) is 3. The number of nitrogens with one attached hydrogen (secondary N) is 2. The standard InChI is InChI=1S/C14H17F3N2O2.ClH/c15-14(16,17)9-21-8-7-19-13(20)11-3-1-5-12-10(11)4-2-6-18-12;/h1,3,5,18H,2,4,6-9H2,(H,19,20);1H. The average Bonchev–Trinajstić information content (AvgIpc) is 2.45. The molecule has 0 saturated carbocycles. The number of amides is 1. The van der Waals surface area contributed by atoms with Crippen LogP contribution >= 0.6 is 12.4 Å². The lowest BCUT2D eigenvalue weighted by Crippen LogP contribution is -2.30. The van der Waals surface area contributed by atoms with E-state index in [4.69, 9.17) is 0 Å². The number of rotatable bonds is 5. The normalized spacial score (nSPS) is 13.6. The summed E-state index contributed by atoms with van der Waals surface area (Å²) < 4.78 is 40.1. The molecule has 0 radical (unpaired) electrons. The Balaban J connectivity index is 0.00000242. The first-order valence-electron chi connectivity index (χ1n) is 6.76. The van der Waals surface area contributed by atoms with Gasteiger partial charge in [-0.15, -0.1) is 12.4 Å². The van der Waals surface area contributed by atoms with Crippen LogP contribution < -0.4 is 10.6 Å². The van der Waals surface area contributed by atoms with E-state index in [1.165, 1.54) is 0 Å². The third-order valence-corrected chi connectivity index (χ3v) is 3.14. The van der Waals surface area contributed by atoms with Crippen molar-refractivity contribution in [2.45, 2.75) is 19.0 Å². The third-order valence-electron chi connectivity index (χ3n) is 3.14. The fourth-order valence-corrected chi connectivity index (χ4v) is 2.24. The van der Waals surface area contributed by atoms with Gasteiger partial charge in [0.25, 0.3) is 5.91 Å². The third kappa shape index (κ3) is 5.38. The number of hydrogen-bond donors (Lipinski definition) is 2. The first-order chi connectivity index (χ1) is 9.97. The Morgan fingerprint density at radius 3 is 2.86 bits per heavy atom. The summed E-state index contributed by atoms with van der Waals surface area (Å²) in [5.41, 5.74) is 2.47. The largest absolute Gasteiger partial charge is 0.411 e. The minimum absolute atomic E-state index is 0. The highest BCUT2D eigenvalue weighted by Crippen LogP contribution is 2.25. The van der Waals surface area contributed by atoms with Crippen molar-refractivity contribution in [2.75, 3.05) is 31.6 Å². The lowest BCUT2D eigenvalue weighted by molar-refractivity contribution is -0.173. The quantitative estimate of drug-likeness (QED) is 0.812. The van der Waals surface area contributed by atoms with Crippen LogP contribution in [0, 0.1) is 0 Å². The van der Waals surface area contributed by atoms with Crippen LogP contribution in [0.5, 0.6) is 0 Å². The summed E-state index contributed by atoms with van der Waals surface area (Å²) in [6, 6.07) is 5.42. The first kappa shape index (κ1) is 18.6. The average molecular weight is 339 g/mol. The Morgan fingerprint density at radius 2 is 2.14 bits per heavy atom. The van der Waals surface area contributed by atoms with Gasteiger partial charge in [0, 0.05) is 24.3 Å². The number of benzene rings is 1. The van der Waals surface area contributed by atoms with Crippen molar-refractivity contribution in [3.63, 3.8) is 0 Å². The number of anilines is 1. The molecule has 2 rings (SSSR count). The maximum Gasteiger partial charge on any atom is 0.411 e. The summed E-state index contributed by atoms with van der Waals surface area (Å²) >= 11 is 0. The van der Waals surface area contributed by atoms with E-state index in [-0.39, 0.29) is 31.5 Å². The van der Waals surface area contributed by atoms with Crippen molar-refractivity contribution >= 4 is 24.0 Å². The molecule has 1 aliphatic heterocycles. The summed E-state index contributed by atoms with van der Waals surface area (Å²) in [5.74, 6) is -0.286. The number of fused-ring (bicyclic) bond motifs is 1. The SMILES string of the molecule is Cl.O=C(NCCOCC(F)(F)F)c1cccc2c1CCCN2. The van der Waals surface area contributed by atoms with Crippen LogP contribution in [0.15, 0.2) is 18.2 Å². The van der Waals surface area contributed by atoms with Crippen LogP contribution in [0.3, 0.4) is 0 Å². The Hall–Kier alpha value is -1.47. The van der Waals surface area contributed by atoms with E-state index < -0.39 is 12.8 Å². The Bertz CT molecular complexity index is 509. The van der Waals surface area contributed by atoms with E-state index in [1.807, 2.05) is 6.07 Å². The molecule has 0 fully saturated rings. The molecule has 22 heavy (non-hydrogen) atoms. The van der Waals surface area contributed by atoms with Gasteiger partial charge in [0.1, 0.15) is 6.61 Å². The lowest BCUT2D eigenvalue weighted by Gasteiger charge is -2.20. The van der Waals surface area contributed by atoms with Gasteiger partial charge < -0.3 is 15.4 Å². The van der Waals surface area contributed by atoms with E-state index in [0.717, 1.165) is 30.6 Å². The topological polar surface area (TPSA) is 50.4 Å². The molecular formula is C14H18ClF3N2O2. The number of carbonyl (C=O) groups excluding carboxylic acids is 1. The molecular weight excluding hydrogens is 321 g/mol. The minimum atomic E-state index is -4.34. The van der Waals surface area contributed by atoms with Crippen molar-refractivity contribution in [2.24, 2.45) is 0 Å². The molecule has 0 atom stereocenters. The molecule has 0 spiro atoms. The predicted molar refractivity (Wildman–Crippen MR) is 79.7 cm³/mol. The molecule has 0 unspecified atom stereocenters. The number of halogens is 4. The van der Waals surface area contributed by atoms with Crippen molar-refractivity contribution in [3.8, 4) is 0 Å². The molecule has 0 saturated heterocycles. The summed E-state index contributed by atoms with van der Waals surface area (Å²) in [6.07, 6.45) is -2.57. The summed E-state index contributed by atoms with van der Waals surface area (Å²) in [5, 5.41) is 5.80. The highest BCUT2D eigenvalue weighted by atomic mass is 35.5. The van der Waals surface area contributed by atoms with Crippen LogP contribution in [0.25, 0.3) is 0 Å². The zero-order chi connectivity index (χ0) is 15.3. The second kappa shape index (κ2) is 8.24. The smallest absolute Gasteiger partial charge is 0.385 e. The van der Waals surface area contributed by atoms with Crippen LogP contribution in [0.2, 0.25) is 0 Å². The molecule has 2 N–H and O–H groups in total. The predicted octanol–water partition coefficient (Wildman–Crippen LogP) is 2.78. The van der Waals surface area contributed by atoms with E-state index in [1.54, 1.807) is 12.1 Å². The maximum atomic E-state index is 12.1. The molecule has 1 amide bonds. The monoisotopic (exact) mass is 338 g/mol. The zero-order valence-electron chi connectivity index (χ0n) is 11.8. The fraction of sp³-hybridized carbons (Fsp3) is 0.500. The van der Waals surface area contributed by atoms with Crippen molar-refractivity contribution in [1.29, 1.82) is 0 Å². The summed E-state index contributed by atoms with van der Waals surface area (Å²) in [4.78, 5) is 12.1. The molecule has 1 aromatic rings. The molecule has 4 nitrogen and oxygen atoms in total. The first-order valence-corrected chi connectivity index (χ1v) is 6.76. The second-order valence-electron chi connectivity index (χ2n) is 4.79. The van der Waals surface area contributed by atoms with Gasteiger partial charge in [0.05, 0.1) is 6.61 Å². The van der Waals surface area contributed by atoms with Crippen molar-refractivity contribution in [1.82, 2.24) is 5.32 Å². The van der Waals surface area contributed by atoms with Gasteiger partial charge in [-0.25, -0.2) is 0 Å². The van der Waals surface area contributed by atoms with Crippen LogP contribution in [0.4, 0.5) is 18.9 Å². The summed E-state index contributed by atoms with van der Waals surface area (Å²) in [7, 11) is 0. The van der Waals surface area contributed by atoms with Crippen LogP contribution in [-0.2, 0) is 11.2 Å². The van der Waals surface area contributed by atoms with E-state index >= 15 is 0 Å². The van der Waals surface area contributed by atoms with Gasteiger partial charge in [-0.05, 0) is 30.5 Å². The Morgan fingerprint density at radius 1 is 1.36 bits per heavy atom. The van der Waals surface area contributed by atoms with Gasteiger partial charge in [-0.2, -0.15) is 13.2 Å². The Labute approximate surface area is 132 Å². The van der Waals surface area contributed by atoms with Crippen molar-refractivity contribution < 1.29 is 22.7 Å². The van der Waals surface area contributed by atoms with E-state index in [2.05, 4.69) is 15.4 Å². The number of alkyl halides is 3. The zero-order valence-corrected chi connectivity index (χ0v) is 12.6. The Kier molecular flexibility index (Phi) is 6.96. The fourth-order valence-electron chi connectivity index (χ4n) is 2.24. The maximum absolute atomic E-state index is 12.1. The highest BCUT2D eigenvalue weighted by Gasteiger charge is 2.27. The van der Waals surface area contributed by atoms with Gasteiger partial charge in [0.2, 0.25) is 0 Å². The molecule has 0 aliphatic carbocycles. The number of ether oxygens (including phenoxy) is 1. The molecule has 0 aromatic heterocycles. The van der Waals surface area contributed by atoms with Crippen LogP contribution in [-0.4, -0.2) is 38.4 Å². The van der Waals surface area contributed by atoms with Crippen LogP contribution in [0.1, 0.15) is 22.3 Å². The van der Waals surface area contributed by atoms with E-state index in [9.17, 15) is 18.0 Å². The van der Waals surface area contributed by atoms with E-state index in [0.29, 0.717) is 5.56 Å². The van der Waals surface area contributed by atoms with Gasteiger partial charge in [-0.1, -0.05) is 6.07 Å². The molecule has 1 heterocycles. The van der Waals surface area contributed by atoms with Gasteiger partial charge in [0.15, 0.2) is 0 Å². The van der Waals surface area contributed by atoms with Crippen molar-refractivity contribution in [3.05, 3.63) is 29.3 Å².